The summed E-state index contributed by atoms with van der Waals surface area (Å²) in [5, 5.41) is 0.252. The number of alkyl halides is 2. The van der Waals surface area contributed by atoms with Gasteiger partial charge in [-0.2, -0.15) is 8.78 Å². The van der Waals surface area contributed by atoms with Gasteiger partial charge in [0.1, 0.15) is 17.0 Å². The first-order valence-electron chi connectivity index (χ1n) is 9.53. The second-order valence-electron chi connectivity index (χ2n) is 7.24. The molecule has 4 rings (SSSR count). The van der Waals surface area contributed by atoms with Gasteiger partial charge >= 0.3 is 6.61 Å². The first kappa shape index (κ1) is 19.8. The maximum atomic E-state index is 12.9. The number of halogens is 3. The van der Waals surface area contributed by atoms with Gasteiger partial charge in [-0.1, -0.05) is 18.5 Å². The van der Waals surface area contributed by atoms with E-state index >= 15 is 0 Å². The van der Waals surface area contributed by atoms with Crippen molar-refractivity contribution in [2.45, 2.75) is 45.8 Å². The molecule has 29 heavy (non-hydrogen) atoms. The monoisotopic (exact) mass is 419 g/mol. The van der Waals surface area contributed by atoms with Crippen LogP contribution in [0.15, 0.2) is 35.3 Å². The van der Waals surface area contributed by atoms with Crippen molar-refractivity contribution in [3.05, 3.63) is 51.5 Å². The fourth-order valence-corrected chi connectivity index (χ4v) is 4.11. The summed E-state index contributed by atoms with van der Waals surface area (Å²) in [6.07, 6.45) is 4.65. The molecule has 0 amide bonds. The van der Waals surface area contributed by atoms with Crippen LogP contribution in [0.2, 0.25) is 5.02 Å². The number of nitrogens with zero attached hydrogens (tertiary/aromatic N) is 3. The Labute approximate surface area is 171 Å². The Bertz CT molecular complexity index is 1130. The maximum Gasteiger partial charge on any atom is 0.387 e. The molecule has 1 fully saturated rings. The molecule has 0 saturated heterocycles. The molecule has 2 aromatic heterocycles. The number of hydrogen-bond acceptors (Lipinski definition) is 4. The number of benzene rings is 1. The maximum absolute atomic E-state index is 12.9. The molecule has 1 aromatic carbocycles. The molecule has 1 aliphatic rings. The molecule has 0 N–H and O–H groups in total. The van der Waals surface area contributed by atoms with Crippen LogP contribution in [0.3, 0.4) is 0 Å². The lowest BCUT2D eigenvalue weighted by Crippen LogP contribution is -2.29. The largest absolute Gasteiger partial charge is 0.435 e. The molecule has 1 unspecified atom stereocenters. The lowest BCUT2D eigenvalue weighted by molar-refractivity contribution is -0.0498. The van der Waals surface area contributed by atoms with Crippen LogP contribution in [-0.2, 0) is 0 Å². The van der Waals surface area contributed by atoms with E-state index in [1.54, 1.807) is 29.8 Å². The summed E-state index contributed by atoms with van der Waals surface area (Å²) in [5.41, 5.74) is 2.63. The van der Waals surface area contributed by atoms with E-state index < -0.39 is 6.61 Å². The van der Waals surface area contributed by atoms with Gasteiger partial charge in [0.05, 0.1) is 5.02 Å². The van der Waals surface area contributed by atoms with Crippen LogP contribution in [0.5, 0.6) is 5.75 Å². The molecule has 2 heterocycles. The minimum atomic E-state index is -2.93. The molecule has 3 aromatic rings. The van der Waals surface area contributed by atoms with Gasteiger partial charge in [0.2, 0.25) is 0 Å². The highest BCUT2D eigenvalue weighted by Crippen LogP contribution is 2.42. The zero-order chi connectivity index (χ0) is 20.7. The van der Waals surface area contributed by atoms with Gasteiger partial charge < -0.3 is 4.74 Å². The van der Waals surface area contributed by atoms with Gasteiger partial charge in [-0.3, -0.25) is 9.36 Å². The molecule has 5 nitrogen and oxygen atoms in total. The van der Waals surface area contributed by atoms with Crippen LogP contribution in [-0.4, -0.2) is 21.1 Å². The van der Waals surface area contributed by atoms with Gasteiger partial charge in [0.25, 0.3) is 5.56 Å². The second-order valence-corrected chi connectivity index (χ2v) is 7.64. The standard InChI is InChI=1S/C21H20ClF2N3O2/c1-3-17(12-4-5-12)27-19-18(26-11(2)20(27)28)15(8-9-25-19)14-7-6-13(10-16(14)22)29-21(23)24/h6-10,12,17,21H,3-5H2,1-2H3. The molecule has 8 heteroatoms. The minimum Gasteiger partial charge on any atom is -0.435 e. The second kappa shape index (κ2) is 7.71. The van der Waals surface area contributed by atoms with Crippen molar-refractivity contribution >= 4 is 22.8 Å². The Morgan fingerprint density at radius 1 is 1.28 bits per heavy atom. The normalized spacial score (nSPS) is 15.1. The van der Waals surface area contributed by atoms with E-state index in [0.717, 1.165) is 19.3 Å². The van der Waals surface area contributed by atoms with E-state index in [1.165, 1.54) is 12.1 Å². The number of pyridine rings is 1. The molecular formula is C21H20ClF2N3O2. The van der Waals surface area contributed by atoms with Crippen LogP contribution in [0.4, 0.5) is 8.78 Å². The Morgan fingerprint density at radius 3 is 2.66 bits per heavy atom. The van der Waals surface area contributed by atoms with Crippen LogP contribution < -0.4 is 10.3 Å². The van der Waals surface area contributed by atoms with Gasteiger partial charge in [-0.25, -0.2) is 9.97 Å². The van der Waals surface area contributed by atoms with Crippen molar-refractivity contribution in [3.63, 3.8) is 0 Å². The Morgan fingerprint density at radius 2 is 2.03 bits per heavy atom. The number of fused-ring (bicyclic) bond motifs is 1. The van der Waals surface area contributed by atoms with Crippen molar-refractivity contribution in [3.8, 4) is 16.9 Å². The first-order valence-corrected chi connectivity index (χ1v) is 9.91. The molecule has 0 radical (unpaired) electrons. The quantitative estimate of drug-likeness (QED) is 0.538. The fourth-order valence-electron chi connectivity index (χ4n) is 3.84. The third-order valence-electron chi connectivity index (χ3n) is 5.31. The van der Waals surface area contributed by atoms with E-state index in [4.69, 9.17) is 11.6 Å². The Balaban J connectivity index is 1.91. The number of hydrogen-bond donors (Lipinski definition) is 0. The molecule has 1 saturated carbocycles. The highest BCUT2D eigenvalue weighted by Gasteiger charge is 2.33. The van der Waals surface area contributed by atoms with E-state index in [1.807, 2.05) is 0 Å². The van der Waals surface area contributed by atoms with Gasteiger partial charge in [-0.15, -0.1) is 0 Å². The lowest BCUT2D eigenvalue weighted by atomic mass is 10.0. The van der Waals surface area contributed by atoms with Gasteiger partial charge in [0.15, 0.2) is 5.65 Å². The molecule has 0 bridgehead atoms. The summed E-state index contributed by atoms with van der Waals surface area (Å²) in [4.78, 5) is 21.9. The van der Waals surface area contributed by atoms with E-state index in [9.17, 15) is 13.6 Å². The van der Waals surface area contributed by atoms with Crippen LogP contribution in [0.1, 0.15) is 37.9 Å². The minimum absolute atomic E-state index is 0.0204. The number of aryl methyl sites for hydroxylation is 1. The van der Waals surface area contributed by atoms with E-state index in [2.05, 4.69) is 21.6 Å². The smallest absolute Gasteiger partial charge is 0.387 e. The van der Waals surface area contributed by atoms with Crippen molar-refractivity contribution in [1.82, 2.24) is 14.5 Å². The van der Waals surface area contributed by atoms with Gasteiger partial charge in [0, 0.05) is 23.4 Å². The van der Waals surface area contributed by atoms with Crippen molar-refractivity contribution in [1.29, 1.82) is 0 Å². The first-order chi connectivity index (χ1) is 13.9. The molecule has 1 atom stereocenters. The van der Waals surface area contributed by atoms with Crippen LogP contribution in [0, 0.1) is 12.8 Å². The summed E-state index contributed by atoms with van der Waals surface area (Å²) in [6.45, 7) is 0.834. The van der Waals surface area contributed by atoms with Crippen molar-refractivity contribution in [2.75, 3.05) is 0 Å². The predicted molar refractivity (Wildman–Crippen MR) is 108 cm³/mol. The van der Waals surface area contributed by atoms with Gasteiger partial charge in [-0.05, 0) is 56.4 Å². The summed E-state index contributed by atoms with van der Waals surface area (Å²) in [6, 6.07) is 6.22. The SMILES string of the molecule is CCC(C1CC1)n1c(=O)c(C)nc2c(-c3ccc(OC(F)F)cc3Cl)ccnc21. The molecule has 1 aliphatic carbocycles. The average Bonchev–Trinajstić information content (AvgIpc) is 3.50. The summed E-state index contributed by atoms with van der Waals surface area (Å²) in [7, 11) is 0. The van der Waals surface area contributed by atoms with Crippen LogP contribution in [0.25, 0.3) is 22.3 Å². The Kier molecular flexibility index (Phi) is 5.25. The zero-order valence-electron chi connectivity index (χ0n) is 16.0. The fraction of sp³-hybridized carbons (Fsp3) is 0.381. The topological polar surface area (TPSA) is 57.0 Å². The highest BCUT2D eigenvalue weighted by atomic mass is 35.5. The van der Waals surface area contributed by atoms with E-state index in [-0.39, 0.29) is 22.4 Å². The lowest BCUT2D eigenvalue weighted by Gasteiger charge is -2.21. The Hall–Kier alpha value is -2.54. The third kappa shape index (κ3) is 3.71. The zero-order valence-corrected chi connectivity index (χ0v) is 16.8. The number of aromatic nitrogens is 3. The van der Waals surface area contributed by atoms with Crippen molar-refractivity contribution in [2.24, 2.45) is 5.92 Å². The highest BCUT2D eigenvalue weighted by molar-refractivity contribution is 6.33. The molecule has 0 spiro atoms. The van der Waals surface area contributed by atoms with E-state index in [0.29, 0.717) is 33.9 Å². The summed E-state index contributed by atoms with van der Waals surface area (Å²) < 4.78 is 31.1. The summed E-state index contributed by atoms with van der Waals surface area (Å²) >= 11 is 6.37. The summed E-state index contributed by atoms with van der Waals surface area (Å²) in [5.74, 6) is 0.454. The predicted octanol–water partition coefficient (Wildman–Crippen LogP) is 5.38. The molecule has 0 aliphatic heterocycles. The molecular weight excluding hydrogens is 400 g/mol. The molecule has 152 valence electrons. The van der Waals surface area contributed by atoms with Crippen LogP contribution >= 0.6 is 11.6 Å². The number of rotatable bonds is 6. The third-order valence-corrected chi connectivity index (χ3v) is 5.63. The van der Waals surface area contributed by atoms with Crippen molar-refractivity contribution < 1.29 is 13.5 Å². The average molecular weight is 420 g/mol. The number of ether oxygens (including phenoxy) is 1.